The SMILES string of the molecule is CC(=O)c1noc2c1C(C)CN(Cc1ccccc1)C2. The van der Waals surface area contributed by atoms with Crippen LogP contribution in [0.15, 0.2) is 34.9 Å². The van der Waals surface area contributed by atoms with Crippen LogP contribution in [0.4, 0.5) is 0 Å². The van der Waals surface area contributed by atoms with E-state index in [1.807, 2.05) is 6.07 Å². The molecule has 2 aromatic rings. The van der Waals surface area contributed by atoms with Crippen molar-refractivity contribution < 1.29 is 9.32 Å². The normalized spacial score (nSPS) is 18.8. The van der Waals surface area contributed by atoms with Crippen molar-refractivity contribution in [3.05, 3.63) is 52.9 Å². The molecule has 3 rings (SSSR count). The third-order valence-corrected chi connectivity index (χ3v) is 3.78. The largest absolute Gasteiger partial charge is 0.359 e. The summed E-state index contributed by atoms with van der Waals surface area (Å²) in [6.07, 6.45) is 0. The van der Waals surface area contributed by atoms with Crippen LogP contribution in [0.2, 0.25) is 0 Å². The van der Waals surface area contributed by atoms with Gasteiger partial charge in [-0.15, -0.1) is 0 Å². The molecule has 0 aliphatic carbocycles. The first-order valence-electron chi connectivity index (χ1n) is 6.91. The fourth-order valence-electron chi connectivity index (χ4n) is 2.92. The van der Waals surface area contributed by atoms with Crippen molar-refractivity contribution in [1.29, 1.82) is 0 Å². The number of hydrogen-bond acceptors (Lipinski definition) is 4. The molecule has 0 radical (unpaired) electrons. The summed E-state index contributed by atoms with van der Waals surface area (Å²) in [6, 6.07) is 10.4. The third-order valence-electron chi connectivity index (χ3n) is 3.78. The van der Waals surface area contributed by atoms with E-state index < -0.39 is 0 Å². The van der Waals surface area contributed by atoms with Crippen molar-refractivity contribution in [1.82, 2.24) is 10.1 Å². The van der Waals surface area contributed by atoms with E-state index in [4.69, 9.17) is 4.52 Å². The van der Waals surface area contributed by atoms with Gasteiger partial charge >= 0.3 is 0 Å². The number of rotatable bonds is 3. The standard InChI is InChI=1S/C16H18N2O2/c1-11-8-18(9-13-6-4-3-5-7-13)10-14-15(11)16(12(2)19)17-20-14/h3-7,11H,8-10H2,1-2H3. The Bertz CT molecular complexity index is 619. The minimum Gasteiger partial charge on any atom is -0.359 e. The molecule has 20 heavy (non-hydrogen) atoms. The van der Waals surface area contributed by atoms with Gasteiger partial charge in [-0.25, -0.2) is 0 Å². The molecule has 0 saturated heterocycles. The van der Waals surface area contributed by atoms with Gasteiger partial charge in [0.15, 0.2) is 17.2 Å². The highest BCUT2D eigenvalue weighted by Gasteiger charge is 2.30. The Morgan fingerprint density at radius 1 is 1.40 bits per heavy atom. The van der Waals surface area contributed by atoms with Crippen LogP contribution in [0.5, 0.6) is 0 Å². The Morgan fingerprint density at radius 3 is 2.85 bits per heavy atom. The Balaban J connectivity index is 1.81. The molecule has 1 aromatic carbocycles. The summed E-state index contributed by atoms with van der Waals surface area (Å²) in [5.41, 5.74) is 2.79. The Hall–Kier alpha value is -1.94. The van der Waals surface area contributed by atoms with Gasteiger partial charge in [-0.05, 0) is 11.5 Å². The van der Waals surface area contributed by atoms with Crippen molar-refractivity contribution in [2.75, 3.05) is 6.54 Å². The van der Waals surface area contributed by atoms with Crippen LogP contribution in [0.25, 0.3) is 0 Å². The van der Waals surface area contributed by atoms with Gasteiger partial charge in [-0.1, -0.05) is 42.4 Å². The van der Waals surface area contributed by atoms with E-state index in [1.165, 1.54) is 5.56 Å². The molecule has 0 fully saturated rings. The number of carbonyl (C=O) groups is 1. The molecule has 0 saturated carbocycles. The number of aromatic nitrogens is 1. The minimum absolute atomic E-state index is 0.0154. The summed E-state index contributed by atoms with van der Waals surface area (Å²) >= 11 is 0. The maximum Gasteiger partial charge on any atom is 0.181 e. The molecule has 1 unspecified atom stereocenters. The molecule has 104 valence electrons. The summed E-state index contributed by atoms with van der Waals surface area (Å²) in [6.45, 7) is 6.19. The molecule has 0 bridgehead atoms. The smallest absolute Gasteiger partial charge is 0.181 e. The topological polar surface area (TPSA) is 46.3 Å². The highest BCUT2D eigenvalue weighted by Crippen LogP contribution is 2.31. The third kappa shape index (κ3) is 2.39. The molecule has 0 N–H and O–H groups in total. The quantitative estimate of drug-likeness (QED) is 0.804. The van der Waals surface area contributed by atoms with Crippen LogP contribution >= 0.6 is 0 Å². The molecule has 4 heteroatoms. The van der Waals surface area contributed by atoms with E-state index in [0.717, 1.165) is 31.0 Å². The fraction of sp³-hybridized carbons (Fsp3) is 0.375. The van der Waals surface area contributed by atoms with Crippen LogP contribution in [0, 0.1) is 0 Å². The van der Waals surface area contributed by atoms with Crippen molar-refractivity contribution in [3.8, 4) is 0 Å². The number of nitrogens with zero attached hydrogens (tertiary/aromatic N) is 2. The molecule has 0 spiro atoms. The fourth-order valence-corrected chi connectivity index (χ4v) is 2.92. The lowest BCUT2D eigenvalue weighted by atomic mass is 9.93. The highest BCUT2D eigenvalue weighted by molar-refractivity contribution is 5.93. The monoisotopic (exact) mass is 270 g/mol. The van der Waals surface area contributed by atoms with E-state index in [9.17, 15) is 4.79 Å². The van der Waals surface area contributed by atoms with Gasteiger partial charge in [0, 0.05) is 25.6 Å². The summed E-state index contributed by atoms with van der Waals surface area (Å²) in [7, 11) is 0. The highest BCUT2D eigenvalue weighted by atomic mass is 16.5. The summed E-state index contributed by atoms with van der Waals surface area (Å²) in [4.78, 5) is 13.9. The minimum atomic E-state index is -0.0154. The first kappa shape index (κ1) is 13.1. The number of Topliss-reactive ketones (excluding diaryl/α,β-unsaturated/α-hetero) is 1. The van der Waals surface area contributed by atoms with E-state index >= 15 is 0 Å². The lowest BCUT2D eigenvalue weighted by Gasteiger charge is -2.29. The van der Waals surface area contributed by atoms with Crippen LogP contribution in [0.1, 0.15) is 47.1 Å². The second-order valence-corrected chi connectivity index (χ2v) is 5.48. The molecule has 0 amide bonds. The van der Waals surface area contributed by atoms with Crippen LogP contribution in [-0.2, 0) is 13.1 Å². The Kier molecular flexibility index (Phi) is 3.40. The van der Waals surface area contributed by atoms with Gasteiger partial charge in [0.1, 0.15) is 0 Å². The van der Waals surface area contributed by atoms with Crippen LogP contribution in [0.3, 0.4) is 0 Å². The Morgan fingerprint density at radius 2 is 2.15 bits per heavy atom. The molecule has 1 atom stereocenters. The van der Waals surface area contributed by atoms with Crippen LogP contribution < -0.4 is 0 Å². The van der Waals surface area contributed by atoms with Gasteiger partial charge in [0.25, 0.3) is 0 Å². The van der Waals surface area contributed by atoms with E-state index in [0.29, 0.717) is 5.69 Å². The predicted molar refractivity (Wildman–Crippen MR) is 75.5 cm³/mol. The number of benzene rings is 1. The number of hydrogen-bond donors (Lipinski definition) is 0. The molecule has 1 aliphatic heterocycles. The Labute approximate surface area is 118 Å². The summed E-state index contributed by atoms with van der Waals surface area (Å²) in [5.74, 6) is 1.09. The van der Waals surface area contributed by atoms with E-state index in [1.54, 1.807) is 6.92 Å². The average molecular weight is 270 g/mol. The van der Waals surface area contributed by atoms with Gasteiger partial charge < -0.3 is 4.52 Å². The first-order valence-corrected chi connectivity index (χ1v) is 6.91. The molecule has 1 aromatic heterocycles. The second kappa shape index (κ2) is 5.21. The van der Waals surface area contributed by atoms with E-state index in [-0.39, 0.29) is 11.7 Å². The summed E-state index contributed by atoms with van der Waals surface area (Å²) < 4.78 is 5.37. The predicted octanol–water partition coefficient (Wildman–Crippen LogP) is 3.00. The lowest BCUT2D eigenvalue weighted by molar-refractivity contribution is 0.100. The van der Waals surface area contributed by atoms with Crippen molar-refractivity contribution in [2.24, 2.45) is 0 Å². The average Bonchev–Trinajstić information content (AvgIpc) is 2.84. The zero-order valence-corrected chi connectivity index (χ0v) is 11.8. The lowest BCUT2D eigenvalue weighted by Crippen LogP contribution is -2.32. The maximum absolute atomic E-state index is 11.6. The molecule has 4 nitrogen and oxygen atoms in total. The van der Waals surface area contributed by atoms with Crippen molar-refractivity contribution in [2.45, 2.75) is 32.9 Å². The van der Waals surface area contributed by atoms with Gasteiger partial charge in [0.05, 0.1) is 6.54 Å². The number of fused-ring (bicyclic) bond motifs is 1. The molecule has 2 heterocycles. The van der Waals surface area contributed by atoms with Gasteiger partial charge in [-0.3, -0.25) is 9.69 Å². The zero-order valence-electron chi connectivity index (χ0n) is 11.8. The zero-order chi connectivity index (χ0) is 14.1. The van der Waals surface area contributed by atoms with Crippen LogP contribution in [-0.4, -0.2) is 22.4 Å². The van der Waals surface area contributed by atoms with E-state index in [2.05, 4.69) is 41.2 Å². The first-order chi connectivity index (χ1) is 9.65. The second-order valence-electron chi connectivity index (χ2n) is 5.48. The molecular formula is C16H18N2O2. The van der Waals surface area contributed by atoms with Gasteiger partial charge in [-0.2, -0.15) is 0 Å². The van der Waals surface area contributed by atoms with Gasteiger partial charge in [0.2, 0.25) is 0 Å². The van der Waals surface area contributed by atoms with Crippen molar-refractivity contribution >= 4 is 5.78 Å². The number of ketones is 1. The maximum atomic E-state index is 11.6. The number of carbonyl (C=O) groups excluding carboxylic acids is 1. The molecule has 1 aliphatic rings. The van der Waals surface area contributed by atoms with Crippen molar-refractivity contribution in [3.63, 3.8) is 0 Å². The molecular weight excluding hydrogens is 252 g/mol. The summed E-state index contributed by atoms with van der Waals surface area (Å²) in [5, 5.41) is 3.94.